The minimum atomic E-state index is 0. The minimum Gasteiger partial charge on any atom is -0.459 e. The molecule has 2 N–H and O–H groups in total. The first kappa shape index (κ1) is 22.0. The topological polar surface area (TPSA) is 62.0 Å². The highest BCUT2D eigenvalue weighted by atomic mass is 127. The van der Waals surface area contributed by atoms with Crippen LogP contribution < -0.4 is 10.6 Å². The van der Waals surface area contributed by atoms with Crippen LogP contribution >= 0.6 is 24.0 Å². The molecule has 1 aliphatic rings. The van der Waals surface area contributed by atoms with E-state index in [2.05, 4.69) is 53.7 Å². The Balaban J connectivity index is 0.00000261. The van der Waals surface area contributed by atoms with Gasteiger partial charge in [-0.2, -0.15) is 0 Å². The lowest BCUT2D eigenvalue weighted by Crippen LogP contribution is -2.57. The Hall–Kier alpha value is -1.32. The van der Waals surface area contributed by atoms with Gasteiger partial charge in [0.2, 0.25) is 0 Å². The molecule has 27 heavy (non-hydrogen) atoms. The molecule has 150 valence electrons. The van der Waals surface area contributed by atoms with Crippen molar-refractivity contribution < 1.29 is 9.15 Å². The predicted molar refractivity (Wildman–Crippen MR) is 121 cm³/mol. The summed E-state index contributed by atoms with van der Waals surface area (Å²) in [6, 6.07) is 10.2. The highest BCUT2D eigenvalue weighted by Crippen LogP contribution is 2.26. The first-order valence-corrected chi connectivity index (χ1v) is 9.25. The third-order valence-electron chi connectivity index (χ3n) is 5.41. The fourth-order valence-corrected chi connectivity index (χ4v) is 3.47. The van der Waals surface area contributed by atoms with E-state index in [1.165, 1.54) is 0 Å². The zero-order chi connectivity index (χ0) is 18.6. The van der Waals surface area contributed by atoms with Crippen molar-refractivity contribution in [1.82, 2.24) is 15.5 Å². The Morgan fingerprint density at radius 2 is 1.96 bits per heavy atom. The molecule has 0 bridgehead atoms. The Morgan fingerprint density at radius 1 is 1.26 bits per heavy atom. The Bertz CT molecular complexity index is 720. The quantitative estimate of drug-likeness (QED) is 0.386. The van der Waals surface area contributed by atoms with E-state index in [0.717, 1.165) is 55.3 Å². The zero-order valence-electron chi connectivity index (χ0n) is 16.6. The number of para-hydroxylation sites is 1. The van der Waals surface area contributed by atoms with Crippen molar-refractivity contribution >= 4 is 40.9 Å². The number of hydrogen-bond acceptors (Lipinski definition) is 4. The van der Waals surface area contributed by atoms with Crippen LogP contribution in [0.5, 0.6) is 0 Å². The van der Waals surface area contributed by atoms with E-state index in [-0.39, 0.29) is 35.6 Å². The SMILES string of the molecule is CN=C(NCC1(N(C)C)CCOCC1)NC(C)c1cc2ccccc2o1.I. The molecule has 1 aromatic heterocycles. The molecule has 1 aromatic carbocycles. The van der Waals surface area contributed by atoms with Crippen molar-refractivity contribution in [3.8, 4) is 0 Å². The number of fused-ring (bicyclic) bond motifs is 1. The molecule has 1 saturated heterocycles. The normalized spacial score (nSPS) is 18.2. The number of halogens is 1. The number of furan rings is 1. The molecule has 2 heterocycles. The van der Waals surface area contributed by atoms with Crippen LogP contribution in [0.25, 0.3) is 11.0 Å². The van der Waals surface area contributed by atoms with Crippen LogP contribution in [-0.2, 0) is 4.74 Å². The molecule has 0 saturated carbocycles. The second-order valence-corrected chi connectivity index (χ2v) is 7.21. The lowest BCUT2D eigenvalue weighted by Gasteiger charge is -2.43. The number of nitrogens with one attached hydrogen (secondary N) is 2. The van der Waals surface area contributed by atoms with Gasteiger partial charge in [0.15, 0.2) is 5.96 Å². The lowest BCUT2D eigenvalue weighted by atomic mass is 9.88. The fourth-order valence-electron chi connectivity index (χ4n) is 3.47. The molecule has 0 aliphatic carbocycles. The molecule has 1 fully saturated rings. The van der Waals surface area contributed by atoms with E-state index < -0.39 is 0 Å². The molecule has 7 heteroatoms. The van der Waals surface area contributed by atoms with E-state index in [9.17, 15) is 0 Å². The highest BCUT2D eigenvalue weighted by Gasteiger charge is 2.34. The molecular weight excluding hydrogens is 455 g/mol. The summed E-state index contributed by atoms with van der Waals surface area (Å²) in [6.45, 7) is 4.53. The van der Waals surface area contributed by atoms with E-state index in [1.807, 2.05) is 18.2 Å². The van der Waals surface area contributed by atoms with Gasteiger partial charge < -0.3 is 24.7 Å². The largest absolute Gasteiger partial charge is 0.459 e. The second-order valence-electron chi connectivity index (χ2n) is 7.21. The number of nitrogens with zero attached hydrogens (tertiary/aromatic N) is 2. The second kappa shape index (κ2) is 9.75. The minimum absolute atomic E-state index is 0. The summed E-state index contributed by atoms with van der Waals surface area (Å²) in [5.74, 6) is 1.69. The predicted octanol–water partition coefficient (Wildman–Crippen LogP) is 3.39. The average Bonchev–Trinajstić information content (AvgIpc) is 3.10. The van der Waals surface area contributed by atoms with E-state index in [1.54, 1.807) is 7.05 Å². The third-order valence-corrected chi connectivity index (χ3v) is 5.41. The first-order chi connectivity index (χ1) is 12.5. The molecule has 6 nitrogen and oxygen atoms in total. The Morgan fingerprint density at radius 3 is 2.59 bits per heavy atom. The van der Waals surface area contributed by atoms with Crippen LogP contribution in [0, 0.1) is 0 Å². The van der Waals surface area contributed by atoms with E-state index in [0.29, 0.717) is 0 Å². The van der Waals surface area contributed by atoms with Crippen molar-refractivity contribution in [3.63, 3.8) is 0 Å². The standard InChI is InChI=1S/C20H30N4O2.HI/c1-15(18-13-16-7-5-6-8-17(16)26-18)23-19(21-2)22-14-20(24(3)4)9-11-25-12-10-20;/h5-8,13,15H,9-12,14H2,1-4H3,(H2,21,22,23);1H. The van der Waals surface area contributed by atoms with Gasteiger partial charge in [0, 0.05) is 37.7 Å². The van der Waals surface area contributed by atoms with Gasteiger partial charge in [-0.1, -0.05) is 18.2 Å². The monoisotopic (exact) mass is 486 g/mol. The number of hydrogen-bond donors (Lipinski definition) is 2. The molecule has 1 aliphatic heterocycles. The molecule has 0 spiro atoms. The number of likely N-dealkylation sites (N-methyl/N-ethyl adjacent to an activating group) is 1. The molecule has 0 amide bonds. The molecular formula is C20H31IN4O2. The number of rotatable bonds is 5. The molecule has 2 aromatic rings. The van der Waals surface area contributed by atoms with Gasteiger partial charge in [-0.15, -0.1) is 24.0 Å². The number of ether oxygens (including phenoxy) is 1. The maximum absolute atomic E-state index is 5.96. The molecule has 1 unspecified atom stereocenters. The smallest absolute Gasteiger partial charge is 0.191 e. The molecule has 1 atom stereocenters. The third kappa shape index (κ3) is 5.14. The summed E-state index contributed by atoms with van der Waals surface area (Å²) >= 11 is 0. The van der Waals surface area contributed by atoms with Gasteiger partial charge >= 0.3 is 0 Å². The Kier molecular flexibility index (Phi) is 7.93. The van der Waals surface area contributed by atoms with E-state index >= 15 is 0 Å². The number of guanidine groups is 1. The number of aliphatic imine (C=N–C) groups is 1. The average molecular weight is 486 g/mol. The summed E-state index contributed by atoms with van der Waals surface area (Å²) in [7, 11) is 6.08. The van der Waals surface area contributed by atoms with Gasteiger partial charge in [0.25, 0.3) is 0 Å². The summed E-state index contributed by atoms with van der Waals surface area (Å²) < 4.78 is 11.5. The van der Waals surface area contributed by atoms with Crippen LogP contribution in [0.4, 0.5) is 0 Å². The van der Waals surface area contributed by atoms with Crippen molar-refractivity contribution in [1.29, 1.82) is 0 Å². The lowest BCUT2D eigenvalue weighted by molar-refractivity contribution is -0.00503. The van der Waals surface area contributed by atoms with Gasteiger partial charge in [0.1, 0.15) is 11.3 Å². The van der Waals surface area contributed by atoms with Crippen LogP contribution in [0.15, 0.2) is 39.7 Å². The van der Waals surface area contributed by atoms with Crippen molar-refractivity contribution in [2.45, 2.75) is 31.3 Å². The molecule has 3 rings (SSSR count). The van der Waals surface area contributed by atoms with Gasteiger partial charge in [-0.25, -0.2) is 0 Å². The maximum Gasteiger partial charge on any atom is 0.191 e. The van der Waals surface area contributed by atoms with Gasteiger partial charge in [-0.05, 0) is 46.0 Å². The van der Waals surface area contributed by atoms with Crippen LogP contribution in [0.3, 0.4) is 0 Å². The first-order valence-electron chi connectivity index (χ1n) is 9.25. The van der Waals surface area contributed by atoms with Crippen LogP contribution in [0.1, 0.15) is 31.6 Å². The summed E-state index contributed by atoms with van der Waals surface area (Å²) in [4.78, 5) is 6.69. The summed E-state index contributed by atoms with van der Waals surface area (Å²) in [5, 5.41) is 8.05. The fraction of sp³-hybridized carbons (Fsp3) is 0.550. The van der Waals surface area contributed by atoms with Crippen molar-refractivity contribution in [2.24, 2.45) is 4.99 Å². The van der Waals surface area contributed by atoms with Gasteiger partial charge in [0.05, 0.1) is 6.04 Å². The Labute approximate surface area is 178 Å². The van der Waals surface area contributed by atoms with Crippen molar-refractivity contribution in [3.05, 3.63) is 36.1 Å². The molecule has 0 radical (unpaired) electrons. The van der Waals surface area contributed by atoms with Crippen LogP contribution in [-0.4, -0.2) is 57.3 Å². The van der Waals surface area contributed by atoms with E-state index in [4.69, 9.17) is 9.15 Å². The summed E-state index contributed by atoms with van der Waals surface area (Å²) in [6.07, 6.45) is 2.03. The van der Waals surface area contributed by atoms with Crippen molar-refractivity contribution in [2.75, 3.05) is 40.9 Å². The zero-order valence-corrected chi connectivity index (χ0v) is 18.9. The maximum atomic E-state index is 5.96. The summed E-state index contributed by atoms with van der Waals surface area (Å²) in [5.41, 5.74) is 1.01. The highest BCUT2D eigenvalue weighted by molar-refractivity contribution is 14.0. The van der Waals surface area contributed by atoms with Crippen LogP contribution in [0.2, 0.25) is 0 Å². The number of benzene rings is 1. The van der Waals surface area contributed by atoms with Gasteiger partial charge in [-0.3, -0.25) is 4.99 Å².